The fourth-order valence-electron chi connectivity index (χ4n) is 2.15. The summed E-state index contributed by atoms with van der Waals surface area (Å²) < 4.78 is 12.8. The number of benzene rings is 1. The van der Waals surface area contributed by atoms with Gasteiger partial charge in [0, 0.05) is 16.7 Å². The average Bonchev–Trinajstić information content (AvgIpc) is 3.01. The van der Waals surface area contributed by atoms with Gasteiger partial charge in [0.05, 0.1) is 26.5 Å². The van der Waals surface area contributed by atoms with Gasteiger partial charge in [0.15, 0.2) is 0 Å². The van der Waals surface area contributed by atoms with Crippen molar-refractivity contribution in [3.8, 4) is 22.8 Å². The van der Waals surface area contributed by atoms with E-state index in [9.17, 15) is 0 Å². The Balaban J connectivity index is 2.70. The van der Waals surface area contributed by atoms with Crippen LogP contribution in [0.5, 0.6) is 11.5 Å². The van der Waals surface area contributed by atoms with Gasteiger partial charge in [0.1, 0.15) is 11.5 Å². The van der Waals surface area contributed by atoms with Gasteiger partial charge in [0.25, 0.3) is 0 Å². The molecule has 2 rings (SSSR count). The molecule has 25 heavy (non-hydrogen) atoms. The van der Waals surface area contributed by atoms with Crippen LogP contribution in [0.2, 0.25) is 0 Å². The lowest BCUT2D eigenvalue weighted by atomic mass is 10.1. The van der Waals surface area contributed by atoms with Gasteiger partial charge in [-0.15, -0.1) is 11.3 Å². The molecule has 0 aliphatic carbocycles. The molecule has 1 aromatic heterocycles. The summed E-state index contributed by atoms with van der Waals surface area (Å²) >= 11 is 1.55. The summed E-state index contributed by atoms with van der Waals surface area (Å²) in [7, 11) is 3.31. The molecule has 0 fully saturated rings. The Bertz CT molecular complexity index is 847. The van der Waals surface area contributed by atoms with E-state index in [4.69, 9.17) is 14.6 Å². The second-order valence-electron chi connectivity index (χ2n) is 5.74. The fourth-order valence-corrected chi connectivity index (χ4v) is 2.97. The molecule has 0 saturated carbocycles. The first-order valence-electron chi connectivity index (χ1n) is 8.12. The van der Waals surface area contributed by atoms with E-state index in [1.807, 2.05) is 42.1 Å². The minimum atomic E-state index is 0.579. The van der Waals surface area contributed by atoms with E-state index in [1.165, 1.54) is 0 Å². The zero-order valence-electron chi connectivity index (χ0n) is 15.5. The number of ether oxygens (including phenoxy) is 2. The maximum absolute atomic E-state index is 5.54. The SMILES string of the molecule is C=C(C)CN=c1scc(-c2cc(OC)ccc2OC)n1N=C(C)CC. The van der Waals surface area contributed by atoms with Gasteiger partial charge in [-0.25, -0.2) is 4.68 Å². The summed E-state index contributed by atoms with van der Waals surface area (Å²) in [5.74, 6) is 1.54. The molecule has 0 atom stereocenters. The van der Waals surface area contributed by atoms with Gasteiger partial charge >= 0.3 is 0 Å². The van der Waals surface area contributed by atoms with E-state index in [-0.39, 0.29) is 0 Å². The van der Waals surface area contributed by atoms with Crippen molar-refractivity contribution in [2.24, 2.45) is 10.1 Å². The fraction of sp³-hybridized carbons (Fsp3) is 0.368. The Morgan fingerprint density at radius 2 is 2.00 bits per heavy atom. The first-order chi connectivity index (χ1) is 12.0. The molecule has 2 aromatic rings. The van der Waals surface area contributed by atoms with E-state index in [0.29, 0.717) is 6.54 Å². The lowest BCUT2D eigenvalue weighted by molar-refractivity contribution is 0.404. The van der Waals surface area contributed by atoms with Crippen LogP contribution >= 0.6 is 11.3 Å². The Morgan fingerprint density at radius 3 is 2.60 bits per heavy atom. The third-order valence-electron chi connectivity index (χ3n) is 3.63. The zero-order chi connectivity index (χ0) is 18.4. The molecule has 0 bridgehead atoms. The predicted octanol–water partition coefficient (Wildman–Crippen LogP) is 4.34. The molecular formula is C19H25N3O2S. The number of hydrogen-bond donors (Lipinski definition) is 0. The minimum absolute atomic E-state index is 0.579. The number of methoxy groups -OCH3 is 2. The van der Waals surface area contributed by atoms with Crippen LogP contribution in [-0.4, -0.2) is 31.2 Å². The summed E-state index contributed by atoms with van der Waals surface area (Å²) in [6.07, 6.45) is 0.872. The number of rotatable bonds is 7. The lowest BCUT2D eigenvalue weighted by Gasteiger charge is -2.11. The largest absolute Gasteiger partial charge is 0.497 e. The smallest absolute Gasteiger partial charge is 0.206 e. The van der Waals surface area contributed by atoms with Gasteiger partial charge < -0.3 is 9.47 Å². The molecule has 1 heterocycles. The van der Waals surface area contributed by atoms with E-state index in [2.05, 4.69) is 18.5 Å². The van der Waals surface area contributed by atoms with Crippen molar-refractivity contribution < 1.29 is 9.47 Å². The molecule has 6 heteroatoms. The highest BCUT2D eigenvalue weighted by atomic mass is 32.1. The molecule has 0 N–H and O–H groups in total. The second-order valence-corrected chi connectivity index (χ2v) is 6.58. The summed E-state index contributed by atoms with van der Waals surface area (Å²) in [5, 5.41) is 6.79. The van der Waals surface area contributed by atoms with Crippen LogP contribution in [-0.2, 0) is 0 Å². The van der Waals surface area contributed by atoms with E-state index in [1.54, 1.807) is 25.6 Å². The van der Waals surface area contributed by atoms with E-state index < -0.39 is 0 Å². The second kappa shape index (κ2) is 8.67. The molecule has 0 spiro atoms. The Hall–Kier alpha value is -2.34. The van der Waals surface area contributed by atoms with Crippen LogP contribution < -0.4 is 14.3 Å². The maximum Gasteiger partial charge on any atom is 0.206 e. The molecule has 5 nitrogen and oxygen atoms in total. The van der Waals surface area contributed by atoms with Crippen LogP contribution in [0.25, 0.3) is 11.3 Å². The third-order valence-corrected chi connectivity index (χ3v) is 4.49. The highest BCUT2D eigenvalue weighted by Gasteiger charge is 2.14. The Kier molecular flexibility index (Phi) is 6.58. The van der Waals surface area contributed by atoms with Gasteiger partial charge in [0.2, 0.25) is 4.80 Å². The van der Waals surface area contributed by atoms with Crippen molar-refractivity contribution in [2.45, 2.75) is 27.2 Å². The summed E-state index contributed by atoms with van der Waals surface area (Å²) in [4.78, 5) is 5.47. The summed E-state index contributed by atoms with van der Waals surface area (Å²) in [6.45, 7) is 10.6. The van der Waals surface area contributed by atoms with Gasteiger partial charge in [-0.1, -0.05) is 19.1 Å². The number of hydrogen-bond acceptors (Lipinski definition) is 5. The zero-order valence-corrected chi connectivity index (χ0v) is 16.3. The highest BCUT2D eigenvalue weighted by molar-refractivity contribution is 7.07. The Morgan fingerprint density at radius 1 is 1.24 bits per heavy atom. The molecule has 1 aromatic carbocycles. The minimum Gasteiger partial charge on any atom is -0.497 e. The maximum atomic E-state index is 5.54. The molecule has 0 aliphatic rings. The quantitative estimate of drug-likeness (QED) is 0.545. The van der Waals surface area contributed by atoms with E-state index in [0.717, 1.165) is 45.3 Å². The summed E-state index contributed by atoms with van der Waals surface area (Å²) in [6, 6.07) is 5.74. The van der Waals surface area contributed by atoms with Crippen molar-refractivity contribution >= 4 is 17.0 Å². The monoisotopic (exact) mass is 359 g/mol. The molecule has 0 saturated heterocycles. The van der Waals surface area contributed by atoms with Crippen molar-refractivity contribution in [1.82, 2.24) is 4.68 Å². The molecule has 0 unspecified atom stereocenters. The standard InChI is InChI=1S/C19H25N3O2S/c1-7-14(4)21-22-17(12-25-19(22)20-11-13(2)3)16-10-15(23-5)8-9-18(16)24-6/h8-10,12H,2,7,11H2,1,3-6H3. The van der Waals surface area contributed by atoms with Gasteiger partial charge in [-0.3, -0.25) is 4.99 Å². The first kappa shape index (κ1) is 19.0. The molecule has 134 valence electrons. The first-order valence-corrected chi connectivity index (χ1v) is 9.00. The van der Waals surface area contributed by atoms with Crippen molar-refractivity contribution in [2.75, 3.05) is 20.8 Å². The molecule has 0 amide bonds. The predicted molar refractivity (Wildman–Crippen MR) is 105 cm³/mol. The number of thiazole rings is 1. The van der Waals surface area contributed by atoms with Crippen molar-refractivity contribution in [1.29, 1.82) is 0 Å². The topological polar surface area (TPSA) is 48.1 Å². The third kappa shape index (κ3) is 4.60. The van der Waals surface area contributed by atoms with Crippen LogP contribution in [0.3, 0.4) is 0 Å². The van der Waals surface area contributed by atoms with Crippen LogP contribution in [0.4, 0.5) is 0 Å². The molecular weight excluding hydrogens is 334 g/mol. The molecule has 0 aliphatic heterocycles. The number of aromatic nitrogens is 1. The highest BCUT2D eigenvalue weighted by Crippen LogP contribution is 2.33. The Labute approximate surface area is 153 Å². The normalized spacial score (nSPS) is 12.4. The van der Waals surface area contributed by atoms with Crippen LogP contribution in [0.1, 0.15) is 27.2 Å². The van der Waals surface area contributed by atoms with E-state index >= 15 is 0 Å². The average molecular weight is 359 g/mol. The lowest BCUT2D eigenvalue weighted by Crippen LogP contribution is -2.14. The molecule has 0 radical (unpaired) electrons. The van der Waals surface area contributed by atoms with Crippen molar-refractivity contribution in [3.63, 3.8) is 0 Å². The van der Waals surface area contributed by atoms with Gasteiger partial charge in [-0.2, -0.15) is 5.10 Å². The van der Waals surface area contributed by atoms with Crippen LogP contribution in [0, 0.1) is 0 Å². The van der Waals surface area contributed by atoms with Crippen molar-refractivity contribution in [3.05, 3.63) is 40.5 Å². The number of nitrogens with zero attached hydrogens (tertiary/aromatic N) is 3. The van der Waals surface area contributed by atoms with Crippen LogP contribution in [0.15, 0.2) is 45.8 Å². The summed E-state index contributed by atoms with van der Waals surface area (Å²) in [5.41, 5.74) is 3.88. The van der Waals surface area contributed by atoms with Gasteiger partial charge in [-0.05, 0) is 38.5 Å².